The van der Waals surface area contributed by atoms with E-state index in [-0.39, 0.29) is 17.0 Å². The van der Waals surface area contributed by atoms with Crippen molar-refractivity contribution >= 4 is 34.8 Å². The first kappa shape index (κ1) is 18.3. The monoisotopic (exact) mass is 364 g/mol. The van der Waals surface area contributed by atoms with Gasteiger partial charge in [-0.15, -0.1) is 11.3 Å². The Bertz CT molecular complexity index is 788. The molecule has 132 valence electrons. The largest absolute Gasteiger partial charge is 0.493 e. The van der Waals surface area contributed by atoms with Gasteiger partial charge in [0.25, 0.3) is 11.8 Å². The smallest absolute Gasteiger partial charge is 0.340 e. The average Bonchev–Trinajstić information content (AvgIpc) is 3.13. The third-order valence-electron chi connectivity index (χ3n) is 3.08. The topological polar surface area (TPSA) is 117 Å². The number of primary amides is 1. The second kappa shape index (κ2) is 8.15. The standard InChI is InChI=1S/C16H16N2O6S/c1-22-11-6-9(16(21)24-8-14(17)19)10(7-12(11)23-2)18-15(20)13-4-3-5-25-13/h3-7H,8H2,1-2H3,(H2,17,19)(H,18,20). The van der Waals surface area contributed by atoms with Crippen LogP contribution >= 0.6 is 11.3 Å². The van der Waals surface area contributed by atoms with Crippen molar-refractivity contribution in [3.05, 3.63) is 40.1 Å². The Morgan fingerprint density at radius 2 is 1.84 bits per heavy atom. The minimum absolute atomic E-state index is 0.00352. The van der Waals surface area contributed by atoms with Gasteiger partial charge in [0.05, 0.1) is 30.3 Å². The molecule has 0 bridgehead atoms. The molecule has 8 nitrogen and oxygen atoms in total. The van der Waals surface area contributed by atoms with Crippen LogP contribution in [-0.2, 0) is 9.53 Å². The molecule has 2 aromatic rings. The van der Waals surface area contributed by atoms with Crippen LogP contribution in [0.25, 0.3) is 0 Å². The van der Waals surface area contributed by atoms with Gasteiger partial charge < -0.3 is 25.3 Å². The number of nitrogens with two attached hydrogens (primary N) is 1. The van der Waals surface area contributed by atoms with Crippen molar-refractivity contribution in [3.8, 4) is 11.5 Å². The number of ether oxygens (including phenoxy) is 3. The third-order valence-corrected chi connectivity index (χ3v) is 3.95. The zero-order valence-electron chi connectivity index (χ0n) is 13.5. The summed E-state index contributed by atoms with van der Waals surface area (Å²) in [7, 11) is 2.83. The van der Waals surface area contributed by atoms with Crippen molar-refractivity contribution in [2.45, 2.75) is 0 Å². The van der Waals surface area contributed by atoms with Crippen LogP contribution in [0.1, 0.15) is 20.0 Å². The molecule has 1 aromatic carbocycles. The predicted molar refractivity (Wildman–Crippen MR) is 91.3 cm³/mol. The van der Waals surface area contributed by atoms with Crippen molar-refractivity contribution in [1.82, 2.24) is 0 Å². The highest BCUT2D eigenvalue weighted by molar-refractivity contribution is 7.12. The minimum Gasteiger partial charge on any atom is -0.493 e. The molecule has 0 spiro atoms. The zero-order chi connectivity index (χ0) is 18.4. The van der Waals surface area contributed by atoms with Crippen molar-refractivity contribution < 1.29 is 28.6 Å². The molecule has 0 atom stereocenters. The summed E-state index contributed by atoms with van der Waals surface area (Å²) >= 11 is 1.25. The number of hydrogen-bond donors (Lipinski definition) is 2. The first-order valence-corrected chi connectivity index (χ1v) is 7.90. The van der Waals surface area contributed by atoms with Crippen LogP contribution in [-0.4, -0.2) is 38.6 Å². The number of amides is 2. The summed E-state index contributed by atoms with van der Waals surface area (Å²) in [6.45, 7) is -0.578. The number of anilines is 1. The summed E-state index contributed by atoms with van der Waals surface area (Å²) in [5, 5.41) is 4.38. The summed E-state index contributed by atoms with van der Waals surface area (Å²) < 4.78 is 15.1. The maximum atomic E-state index is 12.3. The number of thiophene rings is 1. The fourth-order valence-electron chi connectivity index (χ4n) is 1.96. The molecule has 0 fully saturated rings. The van der Waals surface area contributed by atoms with Crippen LogP contribution in [0.4, 0.5) is 5.69 Å². The Hall–Kier alpha value is -3.07. The van der Waals surface area contributed by atoms with Crippen molar-refractivity contribution in [1.29, 1.82) is 0 Å². The quantitative estimate of drug-likeness (QED) is 0.722. The number of carbonyl (C=O) groups excluding carboxylic acids is 3. The van der Waals surface area contributed by atoms with Gasteiger partial charge in [0.2, 0.25) is 0 Å². The number of esters is 1. The van der Waals surface area contributed by atoms with Gasteiger partial charge in [0.15, 0.2) is 18.1 Å². The molecule has 0 saturated heterocycles. The van der Waals surface area contributed by atoms with E-state index >= 15 is 0 Å². The number of rotatable bonds is 7. The second-order valence-corrected chi connectivity index (χ2v) is 5.67. The van der Waals surface area contributed by atoms with Gasteiger partial charge in [-0.25, -0.2) is 4.79 Å². The summed E-state index contributed by atoms with van der Waals surface area (Å²) in [6, 6.07) is 6.17. The Kier molecular flexibility index (Phi) is 5.96. The molecule has 3 N–H and O–H groups in total. The normalized spacial score (nSPS) is 10.0. The van der Waals surface area contributed by atoms with E-state index in [9.17, 15) is 14.4 Å². The van der Waals surface area contributed by atoms with Crippen LogP contribution in [0.3, 0.4) is 0 Å². The predicted octanol–water partition coefficient (Wildman–Crippen LogP) is 1.66. The number of hydrogen-bond acceptors (Lipinski definition) is 7. The average molecular weight is 364 g/mol. The van der Waals surface area contributed by atoms with Gasteiger partial charge in [-0.2, -0.15) is 0 Å². The van der Waals surface area contributed by atoms with Crippen molar-refractivity contribution in [3.63, 3.8) is 0 Å². The fourth-order valence-corrected chi connectivity index (χ4v) is 2.58. The Morgan fingerprint density at radius 1 is 1.16 bits per heavy atom. The molecule has 2 amide bonds. The first-order valence-electron chi connectivity index (χ1n) is 7.02. The van der Waals surface area contributed by atoms with Gasteiger partial charge in [0, 0.05) is 12.1 Å². The summed E-state index contributed by atoms with van der Waals surface area (Å²) in [5.41, 5.74) is 5.14. The van der Waals surface area contributed by atoms with E-state index in [1.165, 1.54) is 37.7 Å². The van der Waals surface area contributed by atoms with Crippen LogP contribution < -0.4 is 20.5 Å². The van der Waals surface area contributed by atoms with E-state index in [1.54, 1.807) is 17.5 Å². The number of benzene rings is 1. The van der Waals surface area contributed by atoms with Crippen LogP contribution in [0.5, 0.6) is 11.5 Å². The van der Waals surface area contributed by atoms with Gasteiger partial charge in [-0.3, -0.25) is 9.59 Å². The van der Waals surface area contributed by atoms with E-state index in [0.717, 1.165) is 0 Å². The third kappa shape index (κ3) is 4.48. The highest BCUT2D eigenvalue weighted by atomic mass is 32.1. The Balaban J connectivity index is 2.38. The molecule has 0 aliphatic rings. The molecule has 1 aromatic heterocycles. The van der Waals surface area contributed by atoms with E-state index in [0.29, 0.717) is 10.6 Å². The lowest BCUT2D eigenvalue weighted by atomic mass is 10.1. The van der Waals surface area contributed by atoms with Gasteiger partial charge in [0.1, 0.15) is 0 Å². The van der Waals surface area contributed by atoms with Crippen LogP contribution in [0, 0.1) is 0 Å². The number of carbonyl (C=O) groups is 3. The maximum Gasteiger partial charge on any atom is 0.340 e. The van der Waals surface area contributed by atoms with Gasteiger partial charge in [-0.05, 0) is 11.4 Å². The highest BCUT2D eigenvalue weighted by Gasteiger charge is 2.21. The fraction of sp³-hybridized carbons (Fsp3) is 0.188. The number of nitrogens with one attached hydrogen (secondary N) is 1. The molecule has 0 aliphatic heterocycles. The molecule has 0 saturated carbocycles. The molecule has 0 aliphatic carbocycles. The lowest BCUT2D eigenvalue weighted by Crippen LogP contribution is -2.22. The molecule has 25 heavy (non-hydrogen) atoms. The molecule has 2 rings (SSSR count). The van der Waals surface area contributed by atoms with Crippen LogP contribution in [0.15, 0.2) is 29.6 Å². The molecule has 9 heteroatoms. The molecular weight excluding hydrogens is 348 g/mol. The molecule has 0 radical (unpaired) electrons. The summed E-state index contributed by atoms with van der Waals surface area (Å²) in [4.78, 5) is 35.8. The number of methoxy groups -OCH3 is 2. The molecule has 1 heterocycles. The zero-order valence-corrected chi connectivity index (χ0v) is 14.3. The van der Waals surface area contributed by atoms with Crippen molar-refractivity contribution in [2.75, 3.05) is 26.1 Å². The SMILES string of the molecule is COc1cc(NC(=O)c2cccs2)c(C(=O)OCC(N)=O)cc1OC. The summed E-state index contributed by atoms with van der Waals surface area (Å²) in [5.74, 6) is -1.44. The molecule has 0 unspecified atom stereocenters. The van der Waals surface area contributed by atoms with E-state index in [4.69, 9.17) is 19.9 Å². The highest BCUT2D eigenvalue weighted by Crippen LogP contribution is 2.34. The summed E-state index contributed by atoms with van der Waals surface area (Å²) in [6.07, 6.45) is 0. The lowest BCUT2D eigenvalue weighted by molar-refractivity contribution is -0.121. The van der Waals surface area contributed by atoms with Gasteiger partial charge >= 0.3 is 5.97 Å². The first-order chi connectivity index (χ1) is 12.0. The lowest BCUT2D eigenvalue weighted by Gasteiger charge is -2.14. The van der Waals surface area contributed by atoms with Gasteiger partial charge in [-0.1, -0.05) is 6.07 Å². The van der Waals surface area contributed by atoms with Crippen molar-refractivity contribution in [2.24, 2.45) is 5.73 Å². The van der Waals surface area contributed by atoms with E-state index < -0.39 is 24.4 Å². The maximum absolute atomic E-state index is 12.3. The molecular formula is C16H16N2O6S. The minimum atomic E-state index is -0.832. The van der Waals surface area contributed by atoms with E-state index in [1.807, 2.05) is 0 Å². The van der Waals surface area contributed by atoms with E-state index in [2.05, 4.69) is 5.32 Å². The Labute approximate surface area is 147 Å². The van der Waals surface area contributed by atoms with Crippen LogP contribution in [0.2, 0.25) is 0 Å². The second-order valence-electron chi connectivity index (χ2n) is 4.73. The Morgan fingerprint density at radius 3 is 2.40 bits per heavy atom.